The van der Waals surface area contributed by atoms with Crippen LogP contribution in [0.2, 0.25) is 0 Å². The number of likely N-dealkylation sites (tertiary alicyclic amines) is 1. The highest BCUT2D eigenvalue weighted by Gasteiger charge is 2.47. The van der Waals surface area contributed by atoms with E-state index in [1.807, 2.05) is 0 Å². The first-order valence-electron chi connectivity index (χ1n) is 6.06. The molecular formula is C12H22N2O. The molecule has 0 spiro atoms. The SMILES string of the molecule is CC1CN(C(=O)C2(C)CC2)CCC1CN. The lowest BCUT2D eigenvalue weighted by Gasteiger charge is -2.37. The predicted molar refractivity (Wildman–Crippen MR) is 60.2 cm³/mol. The summed E-state index contributed by atoms with van der Waals surface area (Å²) < 4.78 is 0. The lowest BCUT2D eigenvalue weighted by atomic mass is 9.86. The van der Waals surface area contributed by atoms with Crippen molar-refractivity contribution in [2.24, 2.45) is 23.0 Å². The highest BCUT2D eigenvalue weighted by atomic mass is 16.2. The first-order valence-corrected chi connectivity index (χ1v) is 6.06. The summed E-state index contributed by atoms with van der Waals surface area (Å²) in [5.41, 5.74) is 5.71. The number of amides is 1. The Bertz CT molecular complexity index is 260. The normalized spacial score (nSPS) is 33.9. The van der Waals surface area contributed by atoms with E-state index in [9.17, 15) is 4.79 Å². The third-order valence-electron chi connectivity index (χ3n) is 4.19. The van der Waals surface area contributed by atoms with Gasteiger partial charge in [0.05, 0.1) is 0 Å². The van der Waals surface area contributed by atoms with Crippen LogP contribution in [0.25, 0.3) is 0 Å². The molecule has 1 aliphatic heterocycles. The molecule has 2 rings (SSSR count). The Labute approximate surface area is 92.0 Å². The van der Waals surface area contributed by atoms with Crippen LogP contribution in [0, 0.1) is 17.3 Å². The van der Waals surface area contributed by atoms with Gasteiger partial charge in [0.15, 0.2) is 0 Å². The summed E-state index contributed by atoms with van der Waals surface area (Å²) in [6, 6.07) is 0. The van der Waals surface area contributed by atoms with E-state index in [0.29, 0.717) is 17.7 Å². The van der Waals surface area contributed by atoms with Crippen molar-refractivity contribution >= 4 is 5.91 Å². The summed E-state index contributed by atoms with van der Waals surface area (Å²) in [7, 11) is 0. The maximum absolute atomic E-state index is 12.1. The smallest absolute Gasteiger partial charge is 0.228 e. The quantitative estimate of drug-likeness (QED) is 0.745. The van der Waals surface area contributed by atoms with Crippen molar-refractivity contribution in [3.05, 3.63) is 0 Å². The minimum atomic E-state index is -0.00469. The van der Waals surface area contributed by atoms with Gasteiger partial charge in [-0.15, -0.1) is 0 Å². The summed E-state index contributed by atoms with van der Waals surface area (Å²) in [5.74, 6) is 1.56. The van der Waals surface area contributed by atoms with Gasteiger partial charge in [-0.3, -0.25) is 4.79 Å². The Morgan fingerprint density at radius 1 is 1.53 bits per heavy atom. The van der Waals surface area contributed by atoms with Crippen LogP contribution in [0.1, 0.15) is 33.1 Å². The first-order chi connectivity index (χ1) is 7.07. The zero-order valence-corrected chi connectivity index (χ0v) is 9.83. The number of nitrogens with two attached hydrogens (primary N) is 1. The molecule has 1 amide bonds. The summed E-state index contributed by atoms with van der Waals surface area (Å²) >= 11 is 0. The van der Waals surface area contributed by atoms with Gasteiger partial charge >= 0.3 is 0 Å². The number of hydrogen-bond acceptors (Lipinski definition) is 2. The zero-order valence-electron chi connectivity index (χ0n) is 9.83. The molecule has 15 heavy (non-hydrogen) atoms. The molecule has 86 valence electrons. The van der Waals surface area contributed by atoms with E-state index >= 15 is 0 Å². The van der Waals surface area contributed by atoms with E-state index in [1.54, 1.807) is 0 Å². The molecule has 2 aliphatic rings. The van der Waals surface area contributed by atoms with Gasteiger partial charge in [-0.1, -0.05) is 13.8 Å². The summed E-state index contributed by atoms with van der Waals surface area (Å²) in [4.78, 5) is 14.2. The first kappa shape index (κ1) is 10.9. The molecule has 0 bridgehead atoms. The second kappa shape index (κ2) is 3.78. The average Bonchev–Trinajstić information content (AvgIpc) is 2.96. The molecule has 1 saturated carbocycles. The lowest BCUT2D eigenvalue weighted by molar-refractivity contribution is -0.138. The minimum absolute atomic E-state index is 0.00469. The third-order valence-corrected chi connectivity index (χ3v) is 4.19. The van der Waals surface area contributed by atoms with Crippen LogP contribution in [-0.2, 0) is 4.79 Å². The predicted octanol–water partition coefficient (Wildman–Crippen LogP) is 1.23. The molecule has 2 fully saturated rings. The summed E-state index contributed by atoms with van der Waals surface area (Å²) in [6.45, 7) is 6.90. The van der Waals surface area contributed by atoms with Gasteiger partial charge in [-0.05, 0) is 37.6 Å². The van der Waals surface area contributed by atoms with Crippen LogP contribution in [0.4, 0.5) is 0 Å². The van der Waals surface area contributed by atoms with Crippen molar-refractivity contribution in [1.29, 1.82) is 0 Å². The number of nitrogens with zero attached hydrogens (tertiary/aromatic N) is 1. The van der Waals surface area contributed by atoms with Crippen LogP contribution in [0.5, 0.6) is 0 Å². The maximum Gasteiger partial charge on any atom is 0.228 e. The van der Waals surface area contributed by atoms with E-state index in [-0.39, 0.29) is 5.41 Å². The molecule has 3 nitrogen and oxygen atoms in total. The van der Waals surface area contributed by atoms with Crippen molar-refractivity contribution in [2.45, 2.75) is 33.1 Å². The molecule has 0 aromatic rings. The zero-order chi connectivity index (χ0) is 11.1. The topological polar surface area (TPSA) is 46.3 Å². The maximum atomic E-state index is 12.1. The Morgan fingerprint density at radius 2 is 2.20 bits per heavy atom. The van der Waals surface area contributed by atoms with E-state index < -0.39 is 0 Å². The standard InChI is InChI=1S/C12H22N2O/c1-9-8-14(6-3-10(9)7-13)11(15)12(2)4-5-12/h9-10H,3-8,13H2,1-2H3. The Hall–Kier alpha value is -0.570. The molecule has 0 aromatic heterocycles. The second-order valence-corrected chi connectivity index (χ2v) is 5.57. The molecule has 0 aromatic carbocycles. The minimum Gasteiger partial charge on any atom is -0.342 e. The van der Waals surface area contributed by atoms with Crippen molar-refractivity contribution in [2.75, 3.05) is 19.6 Å². The van der Waals surface area contributed by atoms with Gasteiger partial charge in [-0.2, -0.15) is 0 Å². The van der Waals surface area contributed by atoms with Gasteiger partial charge in [0, 0.05) is 18.5 Å². The molecule has 2 N–H and O–H groups in total. The number of carbonyl (C=O) groups is 1. The molecule has 3 heteroatoms. The monoisotopic (exact) mass is 210 g/mol. The largest absolute Gasteiger partial charge is 0.342 e. The van der Waals surface area contributed by atoms with Crippen molar-refractivity contribution in [3.63, 3.8) is 0 Å². The fourth-order valence-electron chi connectivity index (χ4n) is 2.51. The second-order valence-electron chi connectivity index (χ2n) is 5.57. The Morgan fingerprint density at radius 3 is 2.67 bits per heavy atom. The average molecular weight is 210 g/mol. The van der Waals surface area contributed by atoms with Gasteiger partial charge in [-0.25, -0.2) is 0 Å². The van der Waals surface area contributed by atoms with Crippen molar-refractivity contribution in [1.82, 2.24) is 4.90 Å². The van der Waals surface area contributed by atoms with E-state index in [2.05, 4.69) is 18.7 Å². The van der Waals surface area contributed by atoms with Gasteiger partial charge < -0.3 is 10.6 Å². The van der Waals surface area contributed by atoms with Crippen LogP contribution < -0.4 is 5.73 Å². The number of rotatable bonds is 2. The molecule has 1 aliphatic carbocycles. The molecule has 2 atom stereocenters. The number of piperidine rings is 1. The lowest BCUT2D eigenvalue weighted by Crippen LogP contribution is -2.46. The van der Waals surface area contributed by atoms with E-state index in [4.69, 9.17) is 5.73 Å². The highest BCUT2D eigenvalue weighted by Crippen LogP contribution is 2.47. The molecular weight excluding hydrogens is 188 g/mol. The molecule has 1 saturated heterocycles. The Kier molecular flexibility index (Phi) is 2.75. The fourth-order valence-corrected chi connectivity index (χ4v) is 2.51. The van der Waals surface area contributed by atoms with Gasteiger partial charge in [0.2, 0.25) is 5.91 Å². The van der Waals surface area contributed by atoms with E-state index in [0.717, 1.165) is 38.9 Å². The third kappa shape index (κ3) is 2.03. The fraction of sp³-hybridized carbons (Fsp3) is 0.917. The van der Waals surface area contributed by atoms with Crippen LogP contribution >= 0.6 is 0 Å². The van der Waals surface area contributed by atoms with Crippen LogP contribution in [-0.4, -0.2) is 30.4 Å². The van der Waals surface area contributed by atoms with Crippen molar-refractivity contribution < 1.29 is 4.79 Å². The molecule has 2 unspecified atom stereocenters. The number of hydrogen-bond donors (Lipinski definition) is 1. The summed E-state index contributed by atoms with van der Waals surface area (Å²) in [6.07, 6.45) is 3.24. The Balaban J connectivity index is 1.93. The van der Waals surface area contributed by atoms with Crippen molar-refractivity contribution in [3.8, 4) is 0 Å². The van der Waals surface area contributed by atoms with E-state index in [1.165, 1.54) is 0 Å². The number of carbonyl (C=O) groups excluding carboxylic acids is 1. The molecule has 1 heterocycles. The van der Waals surface area contributed by atoms with Gasteiger partial charge in [0.1, 0.15) is 0 Å². The van der Waals surface area contributed by atoms with Crippen LogP contribution in [0.15, 0.2) is 0 Å². The van der Waals surface area contributed by atoms with Gasteiger partial charge in [0.25, 0.3) is 0 Å². The van der Waals surface area contributed by atoms with Crippen LogP contribution in [0.3, 0.4) is 0 Å². The summed E-state index contributed by atoms with van der Waals surface area (Å²) in [5, 5.41) is 0. The highest BCUT2D eigenvalue weighted by molar-refractivity contribution is 5.85. The molecule has 0 radical (unpaired) electrons.